The van der Waals surface area contributed by atoms with Gasteiger partial charge >= 0.3 is 0 Å². The van der Waals surface area contributed by atoms with Crippen LogP contribution in [0.5, 0.6) is 0 Å². The number of fused-ring (bicyclic) bond motifs is 1. The van der Waals surface area contributed by atoms with Gasteiger partial charge in [-0.3, -0.25) is 0 Å². The van der Waals surface area contributed by atoms with Crippen LogP contribution in [0.2, 0.25) is 0 Å². The molecule has 0 atom stereocenters. The topological polar surface area (TPSA) is 16.3 Å². The number of rotatable bonds is 10. The van der Waals surface area contributed by atoms with Crippen molar-refractivity contribution in [2.24, 2.45) is 0 Å². The van der Waals surface area contributed by atoms with Crippen molar-refractivity contribution < 1.29 is 0 Å². The number of hydrogen-bond donors (Lipinski definition) is 0. The van der Waals surface area contributed by atoms with E-state index in [2.05, 4.69) is 263 Å². The third-order valence-corrected chi connectivity index (χ3v) is 11.2. The lowest BCUT2D eigenvalue weighted by molar-refractivity contribution is 1.13. The normalized spacial score (nSPS) is 11.2. The Balaban J connectivity index is 1.13. The van der Waals surface area contributed by atoms with E-state index in [0.29, 0.717) is 0 Å². The number of nitrogens with zero attached hydrogens (tertiary/aromatic N) is 4. The zero-order valence-corrected chi connectivity index (χ0v) is 33.7. The van der Waals surface area contributed by atoms with Crippen molar-refractivity contribution in [3.8, 4) is 33.9 Å². The second kappa shape index (κ2) is 15.8. The molecule has 0 aliphatic heterocycles. The Labute approximate surface area is 352 Å². The Kier molecular flexibility index (Phi) is 9.64. The van der Waals surface area contributed by atoms with E-state index in [1.54, 1.807) is 0 Å². The minimum Gasteiger partial charge on any atom is -0.311 e. The van der Waals surface area contributed by atoms with Crippen LogP contribution >= 0.6 is 0 Å². The molecular formula is C56H44N4. The summed E-state index contributed by atoms with van der Waals surface area (Å²) in [6, 6.07) is 82.7. The third-order valence-electron chi connectivity index (χ3n) is 11.2. The molecule has 10 aromatic rings. The number of aromatic nitrogens is 2. The third kappa shape index (κ3) is 6.95. The lowest BCUT2D eigenvalue weighted by Crippen LogP contribution is -2.09. The Bertz CT molecular complexity index is 2730. The monoisotopic (exact) mass is 772 g/mol. The quantitative estimate of drug-likeness (QED) is 0.138. The van der Waals surface area contributed by atoms with Crippen molar-refractivity contribution in [1.82, 2.24) is 9.13 Å². The fourth-order valence-electron chi connectivity index (χ4n) is 8.43. The summed E-state index contributed by atoms with van der Waals surface area (Å²) < 4.78 is 4.86. The van der Waals surface area contributed by atoms with Gasteiger partial charge in [-0.2, -0.15) is 0 Å². The van der Waals surface area contributed by atoms with Crippen molar-refractivity contribution in [1.29, 1.82) is 0 Å². The van der Waals surface area contributed by atoms with Crippen LogP contribution in [0.25, 0.3) is 44.9 Å². The molecule has 8 aromatic carbocycles. The van der Waals surface area contributed by atoms with Gasteiger partial charge in [-0.05, 0) is 145 Å². The summed E-state index contributed by atoms with van der Waals surface area (Å²) in [7, 11) is 0. The molecule has 0 unspecified atom stereocenters. The fourth-order valence-corrected chi connectivity index (χ4v) is 8.43. The molecule has 2 aromatic heterocycles. The van der Waals surface area contributed by atoms with Gasteiger partial charge in [0.25, 0.3) is 0 Å². The van der Waals surface area contributed by atoms with Crippen LogP contribution in [0.1, 0.15) is 11.1 Å². The smallest absolute Gasteiger partial charge is 0.0724 e. The summed E-state index contributed by atoms with van der Waals surface area (Å²) in [6.45, 7) is 4.33. The fraction of sp³-hybridized carbons (Fsp3) is 0.0357. The van der Waals surface area contributed by atoms with Gasteiger partial charge in [-0.25, -0.2) is 0 Å². The summed E-state index contributed by atoms with van der Waals surface area (Å²) in [4.78, 5) is 4.62. The van der Waals surface area contributed by atoms with Gasteiger partial charge in [-0.15, -0.1) is 0 Å². The van der Waals surface area contributed by atoms with Gasteiger partial charge in [0, 0.05) is 45.5 Å². The highest BCUT2D eigenvalue weighted by atomic mass is 15.1. The molecule has 0 saturated heterocycles. The average Bonchev–Trinajstić information content (AvgIpc) is 3.85. The van der Waals surface area contributed by atoms with Gasteiger partial charge in [-0.1, -0.05) is 121 Å². The lowest BCUT2D eigenvalue weighted by Gasteiger charge is -2.25. The van der Waals surface area contributed by atoms with Crippen molar-refractivity contribution in [3.05, 3.63) is 242 Å². The Morgan fingerprint density at radius 1 is 0.283 bits per heavy atom. The number of anilines is 6. The lowest BCUT2D eigenvalue weighted by atomic mass is 10.1. The molecule has 60 heavy (non-hydrogen) atoms. The highest BCUT2D eigenvalue weighted by Crippen LogP contribution is 2.42. The molecule has 0 radical (unpaired) electrons. The van der Waals surface area contributed by atoms with E-state index in [1.807, 2.05) is 0 Å². The highest BCUT2D eigenvalue weighted by molar-refractivity contribution is 5.94. The average molecular weight is 773 g/mol. The molecule has 0 saturated carbocycles. The Morgan fingerprint density at radius 2 is 0.583 bits per heavy atom. The van der Waals surface area contributed by atoms with Crippen LogP contribution in [0.4, 0.5) is 34.1 Å². The van der Waals surface area contributed by atoms with Crippen LogP contribution in [-0.4, -0.2) is 9.13 Å². The van der Waals surface area contributed by atoms with Crippen LogP contribution in [0.3, 0.4) is 0 Å². The van der Waals surface area contributed by atoms with Gasteiger partial charge in [0.1, 0.15) is 0 Å². The second-order valence-electron chi connectivity index (χ2n) is 15.3. The van der Waals surface area contributed by atoms with E-state index in [9.17, 15) is 0 Å². The van der Waals surface area contributed by atoms with E-state index in [4.69, 9.17) is 0 Å². The number of benzene rings is 8. The largest absolute Gasteiger partial charge is 0.311 e. The van der Waals surface area contributed by atoms with Crippen LogP contribution in [0, 0.1) is 13.8 Å². The molecular weight excluding hydrogens is 729 g/mol. The predicted octanol–water partition coefficient (Wildman–Crippen LogP) is 15.3. The SMILES string of the molecule is Cc1cccc(-n2c(-c3ccc(N(c4ccccc4)c4ccccc4)cc3)cc3c2cc(-c2ccc(N(c4ccccc4)c4ccccc4)cc2)n3-c2cccc(C)c2)c1. The zero-order valence-electron chi connectivity index (χ0n) is 33.7. The summed E-state index contributed by atoms with van der Waals surface area (Å²) in [6.07, 6.45) is 0. The standard InChI is InChI=1S/C56H44N4/c1-41-17-15-27-51(37-41)59-53(43-29-33-49(34-30-43)57(45-19-7-3-8-20-45)46-21-9-4-10-22-46)39-56-55(59)40-54(60(56)52-28-16-18-42(2)38-52)44-31-35-50(36-32-44)58(47-23-11-5-12-24-47)48-25-13-6-14-26-48/h3-40H,1-2H3. The first-order chi connectivity index (χ1) is 29.6. The number of hydrogen-bond acceptors (Lipinski definition) is 2. The zero-order chi connectivity index (χ0) is 40.4. The summed E-state index contributed by atoms with van der Waals surface area (Å²) in [5.74, 6) is 0. The molecule has 0 fully saturated rings. The van der Waals surface area contributed by atoms with E-state index < -0.39 is 0 Å². The van der Waals surface area contributed by atoms with Gasteiger partial charge in [0.15, 0.2) is 0 Å². The highest BCUT2D eigenvalue weighted by Gasteiger charge is 2.22. The molecule has 288 valence electrons. The predicted molar refractivity (Wildman–Crippen MR) is 252 cm³/mol. The van der Waals surface area contributed by atoms with Gasteiger partial charge in [0.2, 0.25) is 0 Å². The first-order valence-electron chi connectivity index (χ1n) is 20.5. The molecule has 2 heterocycles. The molecule has 0 aliphatic rings. The van der Waals surface area contributed by atoms with Crippen molar-refractivity contribution in [2.75, 3.05) is 9.80 Å². The van der Waals surface area contributed by atoms with Crippen molar-refractivity contribution >= 4 is 45.2 Å². The first-order valence-corrected chi connectivity index (χ1v) is 20.5. The van der Waals surface area contributed by atoms with Crippen molar-refractivity contribution in [3.63, 3.8) is 0 Å². The molecule has 0 spiro atoms. The van der Waals surface area contributed by atoms with Gasteiger partial charge in [0.05, 0.1) is 22.4 Å². The summed E-state index contributed by atoms with van der Waals surface area (Å²) in [5.41, 5.74) is 18.2. The summed E-state index contributed by atoms with van der Waals surface area (Å²) >= 11 is 0. The second-order valence-corrected chi connectivity index (χ2v) is 15.3. The minimum atomic E-state index is 1.10. The molecule has 10 rings (SSSR count). The number of para-hydroxylation sites is 4. The Morgan fingerprint density at radius 3 is 0.883 bits per heavy atom. The molecule has 0 bridgehead atoms. The van der Waals surface area contributed by atoms with Crippen LogP contribution in [0.15, 0.2) is 231 Å². The van der Waals surface area contributed by atoms with Gasteiger partial charge < -0.3 is 18.9 Å². The maximum absolute atomic E-state index is 2.43. The maximum atomic E-state index is 2.43. The molecule has 0 amide bonds. The molecule has 4 heteroatoms. The van der Waals surface area contributed by atoms with E-state index in [0.717, 1.165) is 79.0 Å². The van der Waals surface area contributed by atoms with Crippen molar-refractivity contribution in [2.45, 2.75) is 13.8 Å². The van der Waals surface area contributed by atoms with E-state index >= 15 is 0 Å². The molecule has 4 nitrogen and oxygen atoms in total. The molecule has 0 aliphatic carbocycles. The van der Waals surface area contributed by atoms with Crippen LogP contribution in [-0.2, 0) is 0 Å². The van der Waals surface area contributed by atoms with E-state index in [1.165, 1.54) is 11.1 Å². The Hall–Kier alpha value is -7.82. The van der Waals surface area contributed by atoms with Crippen LogP contribution < -0.4 is 9.80 Å². The number of aryl methyl sites for hydroxylation is 2. The molecule has 0 N–H and O–H groups in total. The minimum absolute atomic E-state index is 1.10. The van der Waals surface area contributed by atoms with E-state index in [-0.39, 0.29) is 0 Å². The maximum Gasteiger partial charge on any atom is 0.0724 e. The summed E-state index contributed by atoms with van der Waals surface area (Å²) in [5, 5.41) is 0. The first kappa shape index (κ1) is 36.5.